The van der Waals surface area contributed by atoms with Gasteiger partial charge < -0.3 is 21.2 Å². The Morgan fingerprint density at radius 2 is 2.37 bits per heavy atom. The van der Waals surface area contributed by atoms with E-state index in [0.29, 0.717) is 35.7 Å². The molecule has 0 atom stereocenters. The molecule has 5 heteroatoms. The lowest BCUT2D eigenvalue weighted by molar-refractivity contribution is -0.116. The normalized spacial score (nSPS) is 14.1. The Morgan fingerprint density at radius 3 is 3.16 bits per heavy atom. The first-order chi connectivity index (χ1) is 9.19. The fourth-order valence-electron chi connectivity index (χ4n) is 1.57. The van der Waals surface area contributed by atoms with Crippen LogP contribution in [0.15, 0.2) is 30.0 Å². The minimum atomic E-state index is -0.0768. The fraction of sp³-hybridized carbons (Fsp3) is 0.143. The van der Waals surface area contributed by atoms with Crippen molar-refractivity contribution in [2.45, 2.75) is 6.42 Å². The topological polar surface area (TPSA) is 88.2 Å². The molecule has 0 bridgehead atoms. The van der Waals surface area contributed by atoms with E-state index in [1.807, 2.05) is 0 Å². The molecule has 96 valence electrons. The summed E-state index contributed by atoms with van der Waals surface area (Å²) in [7, 11) is 0. The molecule has 1 aliphatic rings. The number of rotatable bonds is 1. The Bertz CT molecular complexity index is 609. The number of hydrogen-bond donors (Lipinski definition) is 3. The minimum Gasteiger partial charge on any atom is -0.491 e. The lowest BCUT2D eigenvalue weighted by Crippen LogP contribution is -2.10. The third-order valence-electron chi connectivity index (χ3n) is 2.45. The first-order valence-electron chi connectivity index (χ1n) is 5.74. The molecule has 1 heterocycles. The number of carbonyl (C=O) groups excluding carboxylic acids is 1. The van der Waals surface area contributed by atoms with Crippen LogP contribution < -0.4 is 15.8 Å². The maximum Gasteiger partial charge on any atom is 0.227 e. The number of anilines is 1. The van der Waals surface area contributed by atoms with Crippen LogP contribution in [0.1, 0.15) is 12.0 Å². The third kappa shape index (κ3) is 3.36. The Kier molecular flexibility index (Phi) is 3.84. The van der Waals surface area contributed by atoms with Crippen LogP contribution in [0.3, 0.4) is 0 Å². The van der Waals surface area contributed by atoms with Gasteiger partial charge in [0.05, 0.1) is 24.4 Å². The molecule has 2 rings (SSSR count). The van der Waals surface area contributed by atoms with E-state index in [4.69, 9.17) is 15.9 Å². The maximum absolute atomic E-state index is 11.4. The Morgan fingerprint density at radius 1 is 1.53 bits per heavy atom. The van der Waals surface area contributed by atoms with Gasteiger partial charge in [-0.2, -0.15) is 0 Å². The number of amides is 1. The van der Waals surface area contributed by atoms with Gasteiger partial charge in [0.2, 0.25) is 5.91 Å². The number of carbonyl (C=O) groups is 1. The quantitative estimate of drug-likeness (QED) is 0.521. The third-order valence-corrected chi connectivity index (χ3v) is 2.45. The lowest BCUT2D eigenvalue weighted by Gasteiger charge is -2.06. The summed E-state index contributed by atoms with van der Waals surface area (Å²) in [5.74, 6) is 6.14. The summed E-state index contributed by atoms with van der Waals surface area (Å²) in [6, 6.07) is 5.30. The van der Waals surface area contributed by atoms with E-state index >= 15 is 0 Å². The van der Waals surface area contributed by atoms with Crippen LogP contribution in [0.5, 0.6) is 5.75 Å². The van der Waals surface area contributed by atoms with Crippen LogP contribution in [0.2, 0.25) is 0 Å². The van der Waals surface area contributed by atoms with Gasteiger partial charge in [0.1, 0.15) is 5.75 Å². The van der Waals surface area contributed by atoms with Crippen molar-refractivity contribution in [3.8, 4) is 17.6 Å². The number of fused-ring (bicyclic) bond motifs is 1. The number of nitrogens with two attached hydrogens (primary N) is 1. The second-order valence-electron chi connectivity index (χ2n) is 3.90. The highest BCUT2D eigenvalue weighted by molar-refractivity contribution is 5.93. The van der Waals surface area contributed by atoms with E-state index in [0.717, 1.165) is 6.21 Å². The number of nitrogens with one attached hydrogen (secondary N) is 2. The molecule has 19 heavy (non-hydrogen) atoms. The molecule has 0 saturated carbocycles. The molecule has 1 aromatic carbocycles. The highest BCUT2D eigenvalue weighted by atomic mass is 16.5. The largest absolute Gasteiger partial charge is 0.491 e. The van der Waals surface area contributed by atoms with Gasteiger partial charge in [0.15, 0.2) is 0 Å². The van der Waals surface area contributed by atoms with E-state index in [1.165, 1.54) is 6.08 Å². The van der Waals surface area contributed by atoms with E-state index < -0.39 is 0 Å². The van der Waals surface area contributed by atoms with Crippen molar-refractivity contribution in [2.24, 2.45) is 5.73 Å². The molecule has 4 N–H and O–H groups in total. The van der Waals surface area contributed by atoms with Gasteiger partial charge in [-0.15, -0.1) is 0 Å². The summed E-state index contributed by atoms with van der Waals surface area (Å²) >= 11 is 0. The molecule has 1 aromatic rings. The molecule has 5 nitrogen and oxygen atoms in total. The first-order valence-corrected chi connectivity index (χ1v) is 5.74. The summed E-state index contributed by atoms with van der Waals surface area (Å²) in [5, 5.41) is 9.64. The van der Waals surface area contributed by atoms with E-state index in [-0.39, 0.29) is 5.91 Å². The molecule has 1 amide bonds. The second kappa shape index (κ2) is 5.74. The van der Waals surface area contributed by atoms with Crippen molar-refractivity contribution < 1.29 is 9.53 Å². The zero-order valence-electron chi connectivity index (χ0n) is 10.2. The highest BCUT2D eigenvalue weighted by Gasteiger charge is 2.13. The molecule has 1 aliphatic heterocycles. The van der Waals surface area contributed by atoms with Crippen molar-refractivity contribution >= 4 is 17.8 Å². The average Bonchev–Trinajstić information content (AvgIpc) is 2.56. The van der Waals surface area contributed by atoms with E-state index in [1.54, 1.807) is 18.2 Å². The number of benzene rings is 1. The molecule has 0 fully saturated rings. The van der Waals surface area contributed by atoms with Crippen molar-refractivity contribution in [1.82, 2.24) is 0 Å². The van der Waals surface area contributed by atoms with Crippen LogP contribution >= 0.6 is 0 Å². The van der Waals surface area contributed by atoms with Gasteiger partial charge in [-0.3, -0.25) is 4.79 Å². The molecule has 0 aromatic heterocycles. The second-order valence-corrected chi connectivity index (χ2v) is 3.90. The summed E-state index contributed by atoms with van der Waals surface area (Å²) in [6.07, 6.45) is 2.82. The minimum absolute atomic E-state index is 0.0768. The van der Waals surface area contributed by atoms with Gasteiger partial charge in [0, 0.05) is 11.8 Å². The zero-order valence-corrected chi connectivity index (χ0v) is 10.2. The number of hydrogen-bond acceptors (Lipinski definition) is 4. The Labute approximate surface area is 111 Å². The smallest absolute Gasteiger partial charge is 0.227 e. The predicted octanol–water partition coefficient (Wildman–Crippen LogP) is 1.25. The molecule has 0 radical (unpaired) electrons. The standard InChI is InChI=1S/C14H13N3O2/c15-7-5-11(16)3-1-10-2-4-13-12(9-10)17-14(18)6-8-19-13/h2,4-5,7,9,15H,6,8,16H2,(H,17,18). The Hall–Kier alpha value is -2.74. The van der Waals surface area contributed by atoms with Crippen molar-refractivity contribution in [3.63, 3.8) is 0 Å². The van der Waals surface area contributed by atoms with Gasteiger partial charge in [-0.1, -0.05) is 5.92 Å². The zero-order chi connectivity index (χ0) is 13.7. The van der Waals surface area contributed by atoms with E-state index in [2.05, 4.69) is 17.2 Å². The monoisotopic (exact) mass is 255 g/mol. The van der Waals surface area contributed by atoms with E-state index in [9.17, 15) is 4.79 Å². The summed E-state index contributed by atoms with van der Waals surface area (Å²) < 4.78 is 5.44. The van der Waals surface area contributed by atoms with Crippen LogP contribution in [0.4, 0.5) is 5.69 Å². The van der Waals surface area contributed by atoms with Gasteiger partial charge >= 0.3 is 0 Å². The highest BCUT2D eigenvalue weighted by Crippen LogP contribution is 2.27. The van der Waals surface area contributed by atoms with Crippen LogP contribution in [-0.4, -0.2) is 18.7 Å². The van der Waals surface area contributed by atoms with Gasteiger partial charge in [-0.25, -0.2) is 0 Å². The molecule has 0 spiro atoms. The maximum atomic E-state index is 11.4. The fourth-order valence-corrected chi connectivity index (χ4v) is 1.57. The summed E-state index contributed by atoms with van der Waals surface area (Å²) in [4.78, 5) is 11.4. The van der Waals surface area contributed by atoms with Gasteiger partial charge in [0.25, 0.3) is 0 Å². The van der Waals surface area contributed by atoms with Crippen molar-refractivity contribution in [1.29, 1.82) is 5.41 Å². The summed E-state index contributed by atoms with van der Waals surface area (Å²) in [6.45, 7) is 0.374. The lowest BCUT2D eigenvalue weighted by atomic mass is 10.2. The molecular formula is C14H13N3O2. The van der Waals surface area contributed by atoms with Crippen LogP contribution in [0.25, 0.3) is 0 Å². The number of allylic oxidation sites excluding steroid dienone is 2. The van der Waals surface area contributed by atoms with Crippen molar-refractivity contribution in [3.05, 3.63) is 35.5 Å². The van der Waals surface area contributed by atoms with Crippen LogP contribution in [0, 0.1) is 17.3 Å². The first kappa shape index (κ1) is 12.7. The van der Waals surface area contributed by atoms with Gasteiger partial charge in [-0.05, 0) is 30.2 Å². The van der Waals surface area contributed by atoms with Crippen molar-refractivity contribution in [2.75, 3.05) is 11.9 Å². The Balaban J connectivity index is 2.28. The van der Waals surface area contributed by atoms with Crippen LogP contribution in [-0.2, 0) is 4.79 Å². The number of ether oxygens (including phenoxy) is 1. The SMILES string of the molecule is N=CC=C(N)C#Cc1ccc2c(c1)NC(=O)CCO2. The molecule has 0 saturated heterocycles. The molecule has 0 unspecified atom stereocenters. The molecular weight excluding hydrogens is 242 g/mol. The molecule has 0 aliphatic carbocycles. The average molecular weight is 255 g/mol. The summed E-state index contributed by atoms with van der Waals surface area (Å²) in [5.41, 5.74) is 7.20. The predicted molar refractivity (Wildman–Crippen MR) is 73.1 cm³/mol.